The van der Waals surface area contributed by atoms with Crippen molar-refractivity contribution in [3.63, 3.8) is 0 Å². The van der Waals surface area contributed by atoms with Crippen LogP contribution in [-0.4, -0.2) is 11.7 Å². The van der Waals surface area contributed by atoms with E-state index in [1.807, 2.05) is 18.2 Å². The van der Waals surface area contributed by atoms with Gasteiger partial charge in [0.15, 0.2) is 0 Å². The van der Waals surface area contributed by atoms with Gasteiger partial charge in [-0.2, -0.15) is 0 Å². The fourth-order valence-electron chi connectivity index (χ4n) is 0.868. The lowest BCUT2D eigenvalue weighted by Gasteiger charge is -2.02. The molecule has 0 spiro atoms. The Morgan fingerprint density at radius 3 is 2.57 bits per heavy atom. The minimum Gasteiger partial charge on any atom is -0.550 e. The van der Waals surface area contributed by atoms with Crippen molar-refractivity contribution in [3.05, 3.63) is 35.9 Å². The fraction of sp³-hybridized carbons (Fsp3) is 0.300. The highest BCUT2D eigenvalue weighted by Crippen LogP contribution is 2.25. The molecule has 0 amide bonds. The van der Waals surface area contributed by atoms with E-state index in [1.165, 1.54) is 5.56 Å². The minimum atomic E-state index is -0.974. The molecule has 0 atom stereocenters. The summed E-state index contributed by atoms with van der Waals surface area (Å²) in [4.78, 5) is 10.1. The zero-order valence-electron chi connectivity index (χ0n) is 7.64. The molecular formula is C10H11O2S2-. The van der Waals surface area contributed by atoms with Crippen molar-refractivity contribution in [2.45, 2.75) is 12.2 Å². The number of carboxylic acid groups (broad SMARTS) is 1. The monoisotopic (exact) mass is 227 g/mol. The van der Waals surface area contributed by atoms with Gasteiger partial charge in [0.1, 0.15) is 0 Å². The van der Waals surface area contributed by atoms with Gasteiger partial charge in [0, 0.05) is 17.5 Å². The SMILES string of the molecule is O=C([O-])CCSSCc1ccccc1. The standard InChI is InChI=1S/C10H12O2S2/c11-10(12)6-7-13-14-8-9-4-2-1-3-5-9/h1-5H,6-8H2,(H,11,12)/p-1. The van der Waals surface area contributed by atoms with Crippen molar-refractivity contribution in [1.82, 2.24) is 0 Å². The Hall–Kier alpha value is -0.610. The molecule has 1 rings (SSSR count). The first kappa shape index (κ1) is 11.5. The fourth-order valence-corrected chi connectivity index (χ4v) is 2.91. The number of hydrogen-bond donors (Lipinski definition) is 0. The molecule has 0 aliphatic rings. The predicted octanol–water partition coefficient (Wildman–Crippen LogP) is 1.71. The van der Waals surface area contributed by atoms with Gasteiger partial charge in [-0.05, 0) is 12.0 Å². The third kappa shape index (κ3) is 5.19. The average Bonchev–Trinajstić information content (AvgIpc) is 2.18. The molecule has 0 radical (unpaired) electrons. The number of hydrogen-bond acceptors (Lipinski definition) is 4. The van der Waals surface area contributed by atoms with E-state index in [0.717, 1.165) is 5.75 Å². The maximum Gasteiger partial charge on any atom is 0.0422 e. The molecule has 2 nitrogen and oxygen atoms in total. The lowest BCUT2D eigenvalue weighted by Crippen LogP contribution is -2.22. The third-order valence-corrected chi connectivity index (χ3v) is 3.88. The quantitative estimate of drug-likeness (QED) is 0.548. The van der Waals surface area contributed by atoms with Gasteiger partial charge in [-0.3, -0.25) is 0 Å². The molecule has 0 bridgehead atoms. The lowest BCUT2D eigenvalue weighted by molar-refractivity contribution is -0.305. The summed E-state index contributed by atoms with van der Waals surface area (Å²) in [6.07, 6.45) is 0.131. The largest absolute Gasteiger partial charge is 0.550 e. The number of rotatable bonds is 6. The zero-order valence-corrected chi connectivity index (χ0v) is 9.27. The van der Waals surface area contributed by atoms with Crippen LogP contribution in [0.25, 0.3) is 0 Å². The molecule has 0 saturated heterocycles. The molecule has 14 heavy (non-hydrogen) atoms. The van der Waals surface area contributed by atoms with Crippen molar-refractivity contribution in [1.29, 1.82) is 0 Å². The van der Waals surface area contributed by atoms with Crippen molar-refractivity contribution in [2.24, 2.45) is 0 Å². The van der Waals surface area contributed by atoms with Crippen LogP contribution in [0.1, 0.15) is 12.0 Å². The summed E-state index contributed by atoms with van der Waals surface area (Å²) >= 11 is 0. The highest BCUT2D eigenvalue weighted by Gasteiger charge is 1.93. The Balaban J connectivity index is 2.08. The average molecular weight is 227 g/mol. The van der Waals surface area contributed by atoms with Gasteiger partial charge >= 0.3 is 0 Å². The second-order valence-electron chi connectivity index (χ2n) is 2.69. The van der Waals surface area contributed by atoms with Crippen LogP contribution in [0.15, 0.2) is 30.3 Å². The summed E-state index contributed by atoms with van der Waals surface area (Å²) in [6.45, 7) is 0. The summed E-state index contributed by atoms with van der Waals surface area (Å²) in [7, 11) is 3.25. The topological polar surface area (TPSA) is 40.1 Å². The van der Waals surface area contributed by atoms with Gasteiger partial charge in [0.05, 0.1) is 0 Å². The Morgan fingerprint density at radius 2 is 1.93 bits per heavy atom. The first-order valence-electron chi connectivity index (χ1n) is 4.27. The first-order chi connectivity index (χ1) is 6.79. The number of carboxylic acids is 1. The Morgan fingerprint density at radius 1 is 1.21 bits per heavy atom. The zero-order chi connectivity index (χ0) is 10.2. The van der Waals surface area contributed by atoms with Gasteiger partial charge < -0.3 is 9.90 Å². The molecule has 0 aliphatic heterocycles. The Kier molecular flexibility index (Phi) is 5.56. The van der Waals surface area contributed by atoms with Crippen molar-refractivity contribution >= 4 is 27.6 Å². The number of carbonyl (C=O) groups is 1. The second kappa shape index (κ2) is 6.79. The van der Waals surface area contributed by atoms with Crippen LogP contribution >= 0.6 is 21.6 Å². The van der Waals surface area contributed by atoms with E-state index in [0.29, 0.717) is 5.75 Å². The van der Waals surface area contributed by atoms with Gasteiger partial charge in [0.2, 0.25) is 0 Å². The van der Waals surface area contributed by atoms with Crippen molar-refractivity contribution in [2.75, 3.05) is 5.75 Å². The van der Waals surface area contributed by atoms with Crippen LogP contribution < -0.4 is 5.11 Å². The molecule has 0 N–H and O–H groups in total. The maximum absolute atomic E-state index is 10.1. The Labute approximate surface area is 91.5 Å². The molecule has 1 aromatic carbocycles. The van der Waals surface area contributed by atoms with Gasteiger partial charge in [0.25, 0.3) is 0 Å². The highest BCUT2D eigenvalue weighted by molar-refractivity contribution is 8.76. The molecule has 0 saturated carbocycles. The summed E-state index contributed by atoms with van der Waals surface area (Å²) in [5.74, 6) is 0.552. The summed E-state index contributed by atoms with van der Waals surface area (Å²) < 4.78 is 0. The molecule has 0 unspecified atom stereocenters. The van der Waals surface area contributed by atoms with Crippen LogP contribution in [0.4, 0.5) is 0 Å². The van der Waals surface area contributed by atoms with Crippen molar-refractivity contribution < 1.29 is 9.90 Å². The number of carbonyl (C=O) groups excluding carboxylic acids is 1. The second-order valence-corrected chi connectivity index (χ2v) is 5.27. The summed E-state index contributed by atoms with van der Waals surface area (Å²) in [5, 5.41) is 10.1. The van der Waals surface area contributed by atoms with E-state index in [2.05, 4.69) is 12.1 Å². The normalized spacial score (nSPS) is 10.0. The van der Waals surface area contributed by atoms with Crippen LogP contribution in [0.2, 0.25) is 0 Å². The van der Waals surface area contributed by atoms with Crippen LogP contribution in [0, 0.1) is 0 Å². The summed E-state index contributed by atoms with van der Waals surface area (Å²) in [5.41, 5.74) is 1.26. The minimum absolute atomic E-state index is 0.131. The first-order valence-corrected chi connectivity index (χ1v) is 6.76. The number of aliphatic carboxylic acids is 1. The molecule has 4 heteroatoms. The van der Waals surface area contributed by atoms with E-state index in [4.69, 9.17) is 0 Å². The predicted molar refractivity (Wildman–Crippen MR) is 59.8 cm³/mol. The van der Waals surface area contributed by atoms with Gasteiger partial charge in [-0.25, -0.2) is 0 Å². The van der Waals surface area contributed by atoms with Gasteiger partial charge in [-0.15, -0.1) is 0 Å². The molecule has 0 aromatic heterocycles. The van der Waals surface area contributed by atoms with Crippen LogP contribution in [-0.2, 0) is 10.5 Å². The smallest absolute Gasteiger partial charge is 0.0422 e. The third-order valence-electron chi connectivity index (χ3n) is 1.54. The molecule has 0 aliphatic carbocycles. The van der Waals surface area contributed by atoms with E-state index in [9.17, 15) is 9.90 Å². The molecule has 76 valence electrons. The van der Waals surface area contributed by atoms with E-state index in [1.54, 1.807) is 21.6 Å². The van der Waals surface area contributed by atoms with E-state index < -0.39 is 5.97 Å². The Bertz CT molecular complexity index is 275. The molecular weight excluding hydrogens is 216 g/mol. The molecule has 0 fully saturated rings. The summed E-state index contributed by atoms with van der Waals surface area (Å²) in [6, 6.07) is 10.1. The maximum atomic E-state index is 10.1. The number of benzene rings is 1. The highest BCUT2D eigenvalue weighted by atomic mass is 33.1. The van der Waals surface area contributed by atoms with Crippen LogP contribution in [0.3, 0.4) is 0 Å². The molecule has 0 heterocycles. The molecule has 1 aromatic rings. The van der Waals surface area contributed by atoms with E-state index in [-0.39, 0.29) is 6.42 Å². The lowest BCUT2D eigenvalue weighted by atomic mass is 10.2. The van der Waals surface area contributed by atoms with Gasteiger partial charge in [-0.1, -0.05) is 51.9 Å². The van der Waals surface area contributed by atoms with Crippen molar-refractivity contribution in [3.8, 4) is 0 Å². The van der Waals surface area contributed by atoms with E-state index >= 15 is 0 Å². The van der Waals surface area contributed by atoms with Crippen LogP contribution in [0.5, 0.6) is 0 Å².